The van der Waals surface area contributed by atoms with Gasteiger partial charge in [-0.3, -0.25) is 0 Å². The Labute approximate surface area is 62.4 Å². The van der Waals surface area contributed by atoms with Gasteiger partial charge in [0.05, 0.1) is 0 Å². The van der Waals surface area contributed by atoms with Crippen molar-refractivity contribution < 1.29 is 19.8 Å². The molecular weight excluding hydrogens is 309 g/mol. The molecule has 5 heteroatoms. The van der Waals surface area contributed by atoms with Crippen molar-refractivity contribution >= 4 is 37.7 Å². The minimum atomic E-state index is -0.500. The summed E-state index contributed by atoms with van der Waals surface area (Å²) in [5.74, 6) is 0. The van der Waals surface area contributed by atoms with Gasteiger partial charge in [-0.1, -0.05) is 0 Å². The molecule has 0 amide bonds. The zero-order valence-corrected chi connectivity index (χ0v) is 7.71. The Hall–Kier alpha value is -0.177. The number of carbonyl (C=O) groups excluding carboxylic acids is 2. The molecule has 2 radical (unpaired) electrons. The average molecular weight is 314 g/mol. The van der Waals surface area contributed by atoms with Crippen LogP contribution in [0.3, 0.4) is 0 Å². The van der Waals surface area contributed by atoms with E-state index in [1.807, 2.05) is 0 Å². The first-order chi connectivity index (χ1) is 3.83. The summed E-state index contributed by atoms with van der Waals surface area (Å²) in [6.07, 6.45) is 0. The molecule has 0 aromatic rings. The first kappa shape index (κ1) is 15.7. The molecule has 0 atom stereocenters. The van der Waals surface area contributed by atoms with E-state index >= 15 is 0 Å². The van der Waals surface area contributed by atoms with E-state index in [-0.39, 0.29) is 0 Å². The molecule has 0 bridgehead atoms. The van der Waals surface area contributed by atoms with Gasteiger partial charge < -0.3 is 19.8 Å². The van der Waals surface area contributed by atoms with Gasteiger partial charge in [0.2, 0.25) is 0 Å². The first-order valence-electron chi connectivity index (χ1n) is 1.39. The van der Waals surface area contributed by atoms with Crippen LogP contribution in [0.2, 0.25) is 4.63 Å². The second-order valence-corrected chi connectivity index (χ2v) is 0.192. The molecule has 0 aliphatic carbocycles. The molecule has 0 aromatic heterocycles. The van der Waals surface area contributed by atoms with E-state index < -0.39 is 12.9 Å². The summed E-state index contributed by atoms with van der Waals surface area (Å²) >= 11 is 1.44. The van der Waals surface area contributed by atoms with E-state index in [4.69, 9.17) is 19.8 Å². The maximum absolute atomic E-state index is 8.25. The van der Waals surface area contributed by atoms with Crippen molar-refractivity contribution in [1.82, 2.24) is 0 Å². The van der Waals surface area contributed by atoms with Crippen molar-refractivity contribution in [2.45, 2.75) is 4.63 Å². The molecule has 0 spiro atoms. The fourth-order valence-corrected chi connectivity index (χ4v) is 0. The third-order valence-corrected chi connectivity index (χ3v) is 0. The molecule has 0 rings (SSSR count). The van der Waals surface area contributed by atoms with Gasteiger partial charge in [0, 0.05) is 12.9 Å². The topological polar surface area (TPSA) is 80.3 Å². The third-order valence-electron chi connectivity index (χ3n) is 0. The Morgan fingerprint density at radius 3 is 1.12 bits per heavy atom. The summed E-state index contributed by atoms with van der Waals surface area (Å²) in [6.45, 7) is -1.00. The van der Waals surface area contributed by atoms with Crippen LogP contribution in [0.5, 0.6) is 0 Å². The van der Waals surface area contributed by atoms with Gasteiger partial charge in [-0.25, -0.2) is 0 Å². The van der Waals surface area contributed by atoms with E-state index in [2.05, 4.69) is 4.63 Å². The van der Waals surface area contributed by atoms with Gasteiger partial charge in [0.15, 0.2) is 0 Å². The predicted molar refractivity (Wildman–Crippen MR) is 23.7 cm³/mol. The monoisotopic (exact) mass is 314 g/mol. The number of rotatable bonds is 0. The Morgan fingerprint density at radius 1 is 1.12 bits per heavy atom. The molecule has 0 heterocycles. The van der Waals surface area contributed by atoms with Crippen LogP contribution in [0.25, 0.3) is 0 Å². The maximum atomic E-state index is 8.25. The fraction of sp³-hybridized carbons (Fsp3) is 0.333. The second kappa shape index (κ2) is 69.6. The van der Waals surface area contributed by atoms with Crippen molar-refractivity contribution in [2.24, 2.45) is 0 Å². The summed E-state index contributed by atoms with van der Waals surface area (Å²) < 4.78 is 2.11. The van der Waals surface area contributed by atoms with Crippen molar-refractivity contribution in [2.75, 3.05) is 0 Å². The zero-order valence-electron chi connectivity index (χ0n) is 4.23. The number of hydrogen-bond acceptors (Lipinski definition) is 4. The summed E-state index contributed by atoms with van der Waals surface area (Å²) in [7, 11) is 0. The van der Waals surface area contributed by atoms with Gasteiger partial charge in [0.25, 0.3) is 0 Å². The minimum absolute atomic E-state index is 0.500. The number of carbonyl (C=O) groups is 2. The van der Waals surface area contributed by atoms with E-state index in [0.717, 1.165) is 0 Å². The fourth-order valence-electron chi connectivity index (χ4n) is 0. The summed E-state index contributed by atoms with van der Waals surface area (Å²) in [5.41, 5.74) is 0. The average Bonchev–Trinajstić information content (AvgIpc) is 1.75. The third kappa shape index (κ3) is 4330. The van der Waals surface area contributed by atoms with Crippen LogP contribution in [0.4, 0.5) is 0 Å². The normalized spacial score (nSPS) is 3.62. The molecule has 4 nitrogen and oxygen atoms in total. The molecule has 0 saturated heterocycles. The molecule has 46 valence electrons. The Morgan fingerprint density at radius 2 is 1.12 bits per heavy atom. The zero-order chi connectivity index (χ0) is 7.41. The van der Waals surface area contributed by atoms with Crippen LogP contribution >= 0.6 is 0 Å². The number of carboxylic acid groups (broad SMARTS) is 2. The molecular formula is C3H5BiO4. The molecule has 0 saturated carbocycles. The SMILES string of the molecule is O=C[O-].O=C[O-].[CH3][Bi+2]. The molecule has 0 N–H and O–H groups in total. The van der Waals surface area contributed by atoms with Crippen LogP contribution in [0.15, 0.2) is 0 Å². The predicted octanol–water partition coefficient (Wildman–Crippen LogP) is -3.06. The van der Waals surface area contributed by atoms with Gasteiger partial charge in [0.1, 0.15) is 0 Å². The van der Waals surface area contributed by atoms with Crippen LogP contribution in [-0.4, -0.2) is 37.7 Å². The summed E-state index contributed by atoms with van der Waals surface area (Å²) in [4.78, 5) is 16.5. The van der Waals surface area contributed by atoms with E-state index in [9.17, 15) is 0 Å². The first-order valence-corrected chi connectivity index (χ1v) is 4.87. The van der Waals surface area contributed by atoms with E-state index in [1.54, 1.807) is 0 Å². The molecule has 8 heavy (non-hydrogen) atoms. The van der Waals surface area contributed by atoms with Crippen LogP contribution in [0, 0.1) is 0 Å². The van der Waals surface area contributed by atoms with Gasteiger partial charge in [-0.05, 0) is 0 Å². The molecule has 0 fully saturated rings. The van der Waals surface area contributed by atoms with Crippen molar-refractivity contribution in [1.29, 1.82) is 0 Å². The second-order valence-electron chi connectivity index (χ2n) is 0.192. The van der Waals surface area contributed by atoms with Gasteiger partial charge >= 0.3 is 29.4 Å². The molecule has 0 unspecified atom stereocenters. The van der Waals surface area contributed by atoms with Crippen molar-refractivity contribution in [3.8, 4) is 0 Å². The van der Waals surface area contributed by atoms with Crippen LogP contribution in [0.1, 0.15) is 0 Å². The van der Waals surface area contributed by atoms with Gasteiger partial charge in [-0.2, -0.15) is 0 Å². The van der Waals surface area contributed by atoms with Gasteiger partial charge in [-0.15, -0.1) is 0 Å². The number of hydrogen-bond donors (Lipinski definition) is 0. The van der Waals surface area contributed by atoms with E-state index in [1.165, 1.54) is 24.7 Å². The van der Waals surface area contributed by atoms with Crippen LogP contribution in [-0.2, 0) is 9.59 Å². The van der Waals surface area contributed by atoms with Crippen LogP contribution < -0.4 is 10.2 Å². The van der Waals surface area contributed by atoms with E-state index in [0.29, 0.717) is 0 Å². The summed E-state index contributed by atoms with van der Waals surface area (Å²) in [6, 6.07) is 0. The van der Waals surface area contributed by atoms with Crippen molar-refractivity contribution in [3.05, 3.63) is 0 Å². The summed E-state index contributed by atoms with van der Waals surface area (Å²) in [5, 5.41) is 16.5. The quantitative estimate of drug-likeness (QED) is 0.351. The standard InChI is InChI=1S/2CH2O2.CH3.Bi/c2*2-1-3;;/h2*1H,(H,2,3);1H3;/q;;;+2/p-2. The Balaban J connectivity index is -0.0000000483. The molecule has 0 aliphatic rings. The Bertz CT molecular complexity index is 32.3. The molecule has 0 aliphatic heterocycles. The van der Waals surface area contributed by atoms with Crippen molar-refractivity contribution in [3.63, 3.8) is 0 Å². The Kier molecular flexibility index (Phi) is 136. The molecule has 0 aromatic carbocycles.